The molecule has 1 unspecified atom stereocenters. The lowest BCUT2D eigenvalue weighted by Gasteiger charge is -2.04. The number of nitroso groups, excluding NO2 is 1. The van der Waals surface area contributed by atoms with Crippen LogP contribution in [-0.2, 0) is 4.79 Å². The van der Waals surface area contributed by atoms with Gasteiger partial charge in [-0.1, -0.05) is 4.91 Å². The highest BCUT2D eigenvalue weighted by atomic mass is 32.2. The van der Waals surface area contributed by atoms with Crippen LogP contribution in [0.4, 0.5) is 0 Å². The smallest absolute Gasteiger partial charge is 0.287 e. The molecule has 0 spiro atoms. The van der Waals surface area contributed by atoms with Gasteiger partial charge in [-0.2, -0.15) is 0 Å². The topological polar surface area (TPSA) is 49.5 Å². The summed E-state index contributed by atoms with van der Waals surface area (Å²) in [6.45, 7) is 1.82. The predicted octanol–water partition coefficient (Wildman–Crippen LogP) is 1.07. The van der Waals surface area contributed by atoms with Gasteiger partial charge in [0.1, 0.15) is 0 Å². The van der Waals surface area contributed by atoms with Crippen molar-refractivity contribution in [1.29, 1.82) is 0 Å². The molecule has 0 aromatic heterocycles. The molecule has 2 heterocycles. The van der Waals surface area contributed by atoms with E-state index in [1.807, 2.05) is 6.92 Å². The fourth-order valence-electron chi connectivity index (χ4n) is 1.29. The summed E-state index contributed by atoms with van der Waals surface area (Å²) in [4.78, 5) is 26.8. The van der Waals surface area contributed by atoms with Gasteiger partial charge >= 0.3 is 6.34 Å². The third-order valence-electron chi connectivity index (χ3n) is 1.92. The molecule has 2 aliphatic heterocycles. The number of thioether (sulfide) groups is 1. The van der Waals surface area contributed by atoms with Crippen LogP contribution in [0.25, 0.3) is 0 Å². The molecule has 5 heteroatoms. The molecule has 62 valence electrons. The summed E-state index contributed by atoms with van der Waals surface area (Å²) >= 11 is 1.15. The molecule has 0 amide bonds. The van der Waals surface area contributed by atoms with Crippen LogP contribution in [0.5, 0.6) is 0 Å². The first-order chi connectivity index (χ1) is 5.68. The van der Waals surface area contributed by atoms with Gasteiger partial charge in [-0.15, -0.1) is 0 Å². The van der Waals surface area contributed by atoms with E-state index in [-0.39, 0.29) is 11.2 Å². The third kappa shape index (κ3) is 1.01. The van der Waals surface area contributed by atoms with Crippen LogP contribution in [0, 0.1) is 4.91 Å². The van der Waals surface area contributed by atoms with Crippen LogP contribution in [0.15, 0.2) is 15.6 Å². The van der Waals surface area contributed by atoms with E-state index in [4.69, 9.17) is 0 Å². The van der Waals surface area contributed by atoms with Gasteiger partial charge in [0.05, 0.1) is 11.3 Å². The highest BCUT2D eigenvalue weighted by Gasteiger charge is 2.41. The Balaban J connectivity index is 2.44. The molecule has 2 rings (SSSR count). The Morgan fingerprint density at radius 1 is 1.75 bits per heavy atom. The second kappa shape index (κ2) is 2.52. The molecule has 0 aromatic rings. The van der Waals surface area contributed by atoms with E-state index < -0.39 is 0 Å². The van der Waals surface area contributed by atoms with E-state index in [0.717, 1.165) is 27.1 Å². The predicted molar refractivity (Wildman–Crippen MR) is 45.8 cm³/mol. The molecule has 0 saturated carbocycles. The van der Waals surface area contributed by atoms with Crippen LogP contribution in [0.1, 0.15) is 13.3 Å². The van der Waals surface area contributed by atoms with Crippen molar-refractivity contribution >= 4 is 23.2 Å². The third-order valence-corrected chi connectivity index (χ3v) is 3.10. The average Bonchev–Trinajstić information content (AvgIpc) is 2.41. The Hall–Kier alpha value is -0.970. The molecule has 0 aliphatic carbocycles. The Morgan fingerprint density at radius 2 is 2.50 bits per heavy atom. The van der Waals surface area contributed by atoms with E-state index >= 15 is 0 Å². The molecule has 0 bridgehead atoms. The minimum absolute atomic E-state index is 0.0562. The lowest BCUT2D eigenvalue weighted by Crippen LogP contribution is -2.24. The van der Waals surface area contributed by atoms with Crippen molar-refractivity contribution in [3.8, 4) is 0 Å². The monoisotopic (exact) mass is 183 g/mol. The van der Waals surface area contributed by atoms with Gasteiger partial charge in [0, 0.05) is 6.92 Å². The summed E-state index contributed by atoms with van der Waals surface area (Å²) in [7, 11) is 0. The van der Waals surface area contributed by atoms with Gasteiger partial charge in [0.25, 0.3) is 0 Å². The molecular weight excluding hydrogens is 176 g/mol. The standard InChI is InChI=1S/C7H7N2O2S/c1-4-7-5(2-6(10)12-7)9(11)3-8-4/h3,5H,2H2,1H3/q+1. The van der Waals surface area contributed by atoms with Gasteiger partial charge in [-0.3, -0.25) is 4.79 Å². The molecule has 0 radical (unpaired) electrons. The number of rotatable bonds is 0. The van der Waals surface area contributed by atoms with Crippen LogP contribution in [0.2, 0.25) is 0 Å². The first kappa shape index (κ1) is 7.67. The molecular formula is C7H7N2O2S+. The van der Waals surface area contributed by atoms with Crippen molar-refractivity contribution in [3.63, 3.8) is 0 Å². The lowest BCUT2D eigenvalue weighted by atomic mass is 10.2. The Labute approximate surface area is 73.3 Å². The van der Waals surface area contributed by atoms with Gasteiger partial charge in [0.2, 0.25) is 0 Å². The molecule has 2 aliphatic rings. The van der Waals surface area contributed by atoms with E-state index in [0.29, 0.717) is 6.42 Å². The van der Waals surface area contributed by atoms with Crippen LogP contribution < -0.4 is 0 Å². The SMILES string of the molecule is CC1=C2SC(=O)CC2[N+](=O)C=N1. The Kier molecular flexibility index (Phi) is 1.61. The Morgan fingerprint density at radius 3 is 3.17 bits per heavy atom. The number of nitrogens with zero attached hydrogens (tertiary/aromatic N) is 2. The van der Waals surface area contributed by atoms with E-state index in [9.17, 15) is 9.70 Å². The zero-order valence-electron chi connectivity index (χ0n) is 6.48. The normalized spacial score (nSPS) is 28.2. The van der Waals surface area contributed by atoms with Crippen molar-refractivity contribution < 1.29 is 9.55 Å². The number of carbonyl (C=O) groups is 1. The first-order valence-corrected chi connectivity index (χ1v) is 4.41. The van der Waals surface area contributed by atoms with Crippen molar-refractivity contribution in [3.05, 3.63) is 15.5 Å². The fourth-order valence-corrected chi connectivity index (χ4v) is 2.30. The van der Waals surface area contributed by atoms with Crippen LogP contribution in [0.3, 0.4) is 0 Å². The van der Waals surface area contributed by atoms with E-state index in [1.54, 1.807) is 0 Å². The molecule has 0 aromatic carbocycles. The molecule has 4 nitrogen and oxygen atoms in total. The van der Waals surface area contributed by atoms with Crippen molar-refractivity contribution in [2.24, 2.45) is 4.99 Å². The number of hydrogen-bond acceptors (Lipinski definition) is 4. The number of aliphatic imine (C=N–C) groups is 1. The van der Waals surface area contributed by atoms with Crippen molar-refractivity contribution in [1.82, 2.24) is 0 Å². The quantitative estimate of drug-likeness (QED) is 0.528. The zero-order chi connectivity index (χ0) is 8.72. The highest BCUT2D eigenvalue weighted by molar-refractivity contribution is 8.17. The van der Waals surface area contributed by atoms with Crippen molar-refractivity contribution in [2.75, 3.05) is 0 Å². The summed E-state index contributed by atoms with van der Waals surface area (Å²) in [5, 5.41) is 0.0562. The molecule has 1 fully saturated rings. The van der Waals surface area contributed by atoms with Crippen LogP contribution >= 0.6 is 11.8 Å². The number of allylic oxidation sites excluding steroid dienone is 1. The number of hydrogen-bond donors (Lipinski definition) is 0. The minimum atomic E-state index is -0.292. The van der Waals surface area contributed by atoms with Crippen LogP contribution in [-0.4, -0.2) is 22.3 Å². The zero-order valence-corrected chi connectivity index (χ0v) is 7.30. The maximum atomic E-state index is 11.1. The molecule has 12 heavy (non-hydrogen) atoms. The summed E-state index contributed by atoms with van der Waals surface area (Å²) < 4.78 is 0.750. The van der Waals surface area contributed by atoms with E-state index in [2.05, 4.69) is 4.99 Å². The summed E-state index contributed by atoms with van der Waals surface area (Å²) in [5.74, 6) is 0. The second-order valence-electron chi connectivity index (χ2n) is 2.75. The molecule has 0 N–H and O–H groups in total. The fraction of sp³-hybridized carbons (Fsp3) is 0.429. The highest BCUT2D eigenvalue weighted by Crippen LogP contribution is 2.37. The molecule has 1 atom stereocenters. The maximum Gasteiger partial charge on any atom is 0.325 e. The average molecular weight is 183 g/mol. The second-order valence-corrected chi connectivity index (χ2v) is 3.85. The van der Waals surface area contributed by atoms with Gasteiger partial charge in [0.15, 0.2) is 16.9 Å². The summed E-state index contributed by atoms with van der Waals surface area (Å²) in [5.41, 5.74) is 0.794. The first-order valence-electron chi connectivity index (χ1n) is 3.59. The van der Waals surface area contributed by atoms with Gasteiger partial charge < -0.3 is 0 Å². The maximum absolute atomic E-state index is 11.1. The lowest BCUT2D eigenvalue weighted by molar-refractivity contribution is -0.454. The number of fused-ring (bicyclic) bond motifs is 1. The van der Waals surface area contributed by atoms with Gasteiger partial charge in [-0.25, -0.2) is 0 Å². The Bertz CT molecular complexity index is 332. The largest absolute Gasteiger partial charge is 0.325 e. The summed E-state index contributed by atoms with van der Waals surface area (Å²) in [6, 6.07) is -0.292. The summed E-state index contributed by atoms with van der Waals surface area (Å²) in [6.07, 6.45) is 1.55. The molecule has 1 saturated heterocycles. The number of carbonyl (C=O) groups excluding carboxylic acids is 1. The van der Waals surface area contributed by atoms with Crippen molar-refractivity contribution in [2.45, 2.75) is 19.4 Å². The minimum Gasteiger partial charge on any atom is -0.287 e. The van der Waals surface area contributed by atoms with Gasteiger partial charge in [-0.05, 0) is 21.5 Å². The van der Waals surface area contributed by atoms with E-state index in [1.165, 1.54) is 6.34 Å².